The van der Waals surface area contributed by atoms with Gasteiger partial charge in [0, 0.05) is 49.9 Å². The highest BCUT2D eigenvalue weighted by Gasteiger charge is 2.31. The first-order valence-corrected chi connectivity index (χ1v) is 19.5. The molecule has 53 heavy (non-hydrogen) atoms. The highest BCUT2D eigenvalue weighted by Crippen LogP contribution is 2.38. The lowest BCUT2D eigenvalue weighted by Crippen LogP contribution is -2.39. The van der Waals surface area contributed by atoms with Gasteiger partial charge in [-0.25, -0.2) is 9.38 Å². The van der Waals surface area contributed by atoms with Crippen molar-refractivity contribution < 1.29 is 33.3 Å². The fourth-order valence-electron chi connectivity index (χ4n) is 4.70. The second-order valence-electron chi connectivity index (χ2n) is 13.3. The molecule has 21 heteroatoms. The number of carbonyl (C=O) groups excluding carboxylic acids is 1. The quantitative estimate of drug-likeness (QED) is 0.145. The molecular formula is C32H42ClFN11O6PS. The molecule has 3 aromatic rings. The number of nitrogens with two attached hydrogens (primary N) is 1. The summed E-state index contributed by atoms with van der Waals surface area (Å²) in [6.07, 6.45) is 6.22. The van der Waals surface area contributed by atoms with Gasteiger partial charge in [0.2, 0.25) is 22.0 Å². The first-order chi connectivity index (χ1) is 24.7. The summed E-state index contributed by atoms with van der Waals surface area (Å²) >= 11 is 6.97. The molecule has 0 bridgehead atoms. The lowest BCUT2D eigenvalue weighted by molar-refractivity contribution is -0.138. The van der Waals surface area contributed by atoms with E-state index in [1.54, 1.807) is 13.8 Å². The zero-order valence-corrected chi connectivity index (χ0v) is 32.5. The van der Waals surface area contributed by atoms with Crippen LogP contribution >= 0.6 is 30.5 Å². The van der Waals surface area contributed by atoms with Crippen LogP contribution in [-0.4, -0.2) is 89.9 Å². The normalized spacial score (nSPS) is 16.1. The predicted octanol–water partition coefficient (Wildman–Crippen LogP) is 3.62. The molecule has 1 aromatic carbocycles. The Kier molecular flexibility index (Phi) is 14.5. The highest BCUT2D eigenvalue weighted by atomic mass is 35.5. The summed E-state index contributed by atoms with van der Waals surface area (Å²) in [7, 11) is -3.10. The van der Waals surface area contributed by atoms with Crippen LogP contribution in [0.1, 0.15) is 46.9 Å². The van der Waals surface area contributed by atoms with Crippen LogP contribution in [-0.2, 0) is 27.1 Å². The van der Waals surface area contributed by atoms with Crippen molar-refractivity contribution in [1.29, 1.82) is 5.26 Å². The number of amides is 1. The third kappa shape index (κ3) is 12.8. The number of carboxylic acids is 1. The Bertz CT molecular complexity index is 2020. The lowest BCUT2D eigenvalue weighted by atomic mass is 9.92. The van der Waals surface area contributed by atoms with Crippen LogP contribution in [0.4, 0.5) is 27.7 Å². The molecule has 2 unspecified atom stereocenters. The smallest absolute Gasteiger partial charge is 0.320 e. The van der Waals surface area contributed by atoms with Crippen LogP contribution < -0.4 is 30.8 Å². The molecular weight excluding hydrogens is 752 g/mol. The zero-order valence-electron chi connectivity index (χ0n) is 30.1. The summed E-state index contributed by atoms with van der Waals surface area (Å²) in [5.74, 6) is 2.45. The van der Waals surface area contributed by atoms with Crippen LogP contribution in [0.3, 0.4) is 0 Å². The van der Waals surface area contributed by atoms with Crippen molar-refractivity contribution in [2.75, 3.05) is 48.1 Å². The summed E-state index contributed by atoms with van der Waals surface area (Å²) in [6, 6.07) is 3.81. The van der Waals surface area contributed by atoms with E-state index in [2.05, 4.69) is 60.8 Å². The van der Waals surface area contributed by atoms with Gasteiger partial charge in [-0.3, -0.25) is 19.1 Å². The molecule has 286 valence electrons. The van der Waals surface area contributed by atoms with Crippen molar-refractivity contribution in [1.82, 2.24) is 23.9 Å². The maximum atomic E-state index is 14.5. The number of nitriles is 1. The summed E-state index contributed by atoms with van der Waals surface area (Å²) in [5, 5.41) is 23.0. The summed E-state index contributed by atoms with van der Waals surface area (Å²) in [5.41, 5.74) is 5.01. The summed E-state index contributed by atoms with van der Waals surface area (Å²) in [6.45, 7) is 12.3. The molecule has 2 aromatic heterocycles. The van der Waals surface area contributed by atoms with E-state index in [-0.39, 0.29) is 54.0 Å². The standard InChI is InChI=1S/C18H17FN4O2S.C9H13ClN6.C5H12NO4P/c1-4-5-22-13-7-12(11(19)6-14(13)25-9-16(22)24)20-17-23-10-18(2,3)8-15(23)21-26-17;1-4-12-7-13-6(10)14-8(15-7)16-9(2,3)5-11;1-11(9,10)3-2-4(6)5(7)8/h1,6-7H,5,8-10H2,2-3H3;4H2,1-3H3,(H2,12,13,14,15,16);4H,2-3,6H2,1H3,(H,7,8)(H,9,10). The van der Waals surface area contributed by atoms with Crippen molar-refractivity contribution in [3.05, 3.63) is 33.9 Å². The number of fused-ring (bicyclic) bond motifs is 2. The molecule has 6 N–H and O–H groups in total. The molecule has 2 aliphatic heterocycles. The molecule has 1 amide bonds. The van der Waals surface area contributed by atoms with Crippen molar-refractivity contribution in [2.45, 2.75) is 65.6 Å². The lowest BCUT2D eigenvalue weighted by Gasteiger charge is -2.28. The van der Waals surface area contributed by atoms with E-state index in [9.17, 15) is 18.5 Å². The Morgan fingerprint density at radius 3 is 2.62 bits per heavy atom. The fraction of sp³-hybridized carbons (Fsp3) is 0.500. The second-order valence-corrected chi connectivity index (χ2v) is 16.9. The Balaban J connectivity index is 0.000000240. The Morgan fingerprint density at radius 2 is 2.02 bits per heavy atom. The molecule has 0 saturated carbocycles. The molecule has 4 heterocycles. The van der Waals surface area contributed by atoms with Crippen molar-refractivity contribution in [2.24, 2.45) is 16.1 Å². The van der Waals surface area contributed by atoms with E-state index in [0.29, 0.717) is 28.7 Å². The minimum atomic E-state index is -3.10. The largest absolute Gasteiger partial charge is 0.481 e. The summed E-state index contributed by atoms with van der Waals surface area (Å²) in [4.78, 5) is 49.3. The molecule has 2 atom stereocenters. The fourth-order valence-corrected chi connectivity index (χ4v) is 6.37. The van der Waals surface area contributed by atoms with Crippen LogP contribution in [0, 0.1) is 34.9 Å². The van der Waals surface area contributed by atoms with E-state index >= 15 is 0 Å². The van der Waals surface area contributed by atoms with E-state index in [4.69, 9.17) is 43.8 Å². The maximum Gasteiger partial charge on any atom is 0.320 e. The number of aromatic nitrogens is 5. The van der Waals surface area contributed by atoms with E-state index < -0.39 is 30.7 Å². The van der Waals surface area contributed by atoms with E-state index in [1.807, 2.05) is 11.5 Å². The third-order valence-electron chi connectivity index (χ3n) is 7.25. The SMILES string of the molecule is C#CCN1C(=O)COc2cc(F)c(N=c3snc4n3CC(C)(C)C4)cc21.CCNc1nc(Cl)nc(NC(C)(C)C#N)n1.CP(=O)(O)CCC(N)C(=O)O. The average Bonchev–Trinajstić information content (AvgIpc) is 3.56. The first kappa shape index (κ1) is 42.8. The van der Waals surface area contributed by atoms with Crippen LogP contribution in [0.2, 0.25) is 5.28 Å². The molecule has 0 fully saturated rings. The molecule has 2 aliphatic rings. The molecule has 0 aliphatic carbocycles. The number of nitrogens with one attached hydrogen (secondary N) is 2. The summed E-state index contributed by atoms with van der Waals surface area (Å²) < 4.78 is 37.0. The third-order valence-corrected chi connectivity index (χ3v) is 9.29. The van der Waals surface area contributed by atoms with E-state index in [1.165, 1.54) is 35.2 Å². The van der Waals surface area contributed by atoms with Gasteiger partial charge >= 0.3 is 5.97 Å². The number of hydrogen-bond acceptors (Lipinski definition) is 14. The minimum Gasteiger partial charge on any atom is -0.481 e. The monoisotopic (exact) mass is 793 g/mol. The van der Waals surface area contributed by atoms with Gasteiger partial charge in [-0.1, -0.05) is 19.8 Å². The zero-order chi connectivity index (χ0) is 39.7. The number of nitrogens with zero attached hydrogens (tertiary/aromatic N) is 8. The van der Waals surface area contributed by atoms with Gasteiger partial charge in [0.05, 0.1) is 18.3 Å². The number of terminal acetylenes is 1. The van der Waals surface area contributed by atoms with Gasteiger partial charge in [-0.05, 0) is 50.3 Å². The number of carboxylic acid groups (broad SMARTS) is 1. The van der Waals surface area contributed by atoms with Gasteiger partial charge in [-0.15, -0.1) is 6.42 Å². The number of carbonyl (C=O) groups is 2. The minimum absolute atomic E-state index is 0.0412. The Labute approximate surface area is 315 Å². The molecule has 0 radical (unpaired) electrons. The van der Waals surface area contributed by atoms with Crippen LogP contribution in [0.25, 0.3) is 0 Å². The van der Waals surface area contributed by atoms with Gasteiger partial charge in [0.25, 0.3) is 5.91 Å². The van der Waals surface area contributed by atoms with Crippen LogP contribution in [0.5, 0.6) is 5.75 Å². The van der Waals surface area contributed by atoms with E-state index in [0.717, 1.165) is 18.8 Å². The Morgan fingerprint density at radius 1 is 1.34 bits per heavy atom. The average molecular weight is 794 g/mol. The number of anilines is 3. The van der Waals surface area contributed by atoms with Gasteiger partial charge in [0.1, 0.15) is 28.8 Å². The number of benzene rings is 1. The topological polar surface area (TPSA) is 247 Å². The van der Waals surface area contributed by atoms with Gasteiger partial charge < -0.3 is 35.7 Å². The molecule has 0 saturated heterocycles. The molecule has 5 rings (SSSR count). The first-order valence-electron chi connectivity index (χ1n) is 16.1. The van der Waals surface area contributed by atoms with Crippen molar-refractivity contribution in [3.63, 3.8) is 0 Å². The number of ether oxygens (including phenoxy) is 1. The second kappa shape index (κ2) is 17.9. The number of aliphatic carboxylic acids is 1. The van der Waals surface area contributed by atoms with Crippen molar-refractivity contribution >= 4 is 65.7 Å². The van der Waals surface area contributed by atoms with Gasteiger partial charge in [0.15, 0.2) is 19.8 Å². The number of rotatable bonds is 10. The van der Waals surface area contributed by atoms with Crippen molar-refractivity contribution in [3.8, 4) is 24.2 Å². The molecule has 0 spiro atoms. The van der Waals surface area contributed by atoms with Gasteiger partial charge in [-0.2, -0.15) is 24.6 Å². The van der Waals surface area contributed by atoms with Crippen LogP contribution in [0.15, 0.2) is 17.1 Å². The predicted molar refractivity (Wildman–Crippen MR) is 199 cm³/mol. The molecule has 17 nitrogen and oxygen atoms in total. The Hall–Kier alpha value is -4.65. The number of halogens is 2. The maximum absolute atomic E-state index is 14.5. The highest BCUT2D eigenvalue weighted by molar-refractivity contribution is 7.57. The number of hydrogen-bond donors (Lipinski definition) is 5.